The van der Waals surface area contributed by atoms with Gasteiger partial charge in [-0.05, 0) is 42.5 Å². The molecule has 0 unspecified atom stereocenters. The number of nitrogens with zero attached hydrogens (tertiary/aromatic N) is 1. The van der Waals surface area contributed by atoms with Gasteiger partial charge in [0, 0.05) is 5.69 Å². The number of aromatic hydroxyl groups is 1. The van der Waals surface area contributed by atoms with Crippen molar-refractivity contribution < 1.29 is 33.8 Å². The summed E-state index contributed by atoms with van der Waals surface area (Å²) in [6, 6.07) is 13.7. The van der Waals surface area contributed by atoms with Gasteiger partial charge in [-0.3, -0.25) is 14.4 Å². The fourth-order valence-corrected chi connectivity index (χ4v) is 3.29. The number of nitrogens with one attached hydrogen (secondary N) is 1. The summed E-state index contributed by atoms with van der Waals surface area (Å²) in [4.78, 5) is 34.8. The minimum atomic E-state index is -1.30. The zero-order valence-corrected chi connectivity index (χ0v) is 18.1. The number of amides is 2. The molecule has 0 saturated carbocycles. The molecule has 8 nitrogen and oxygen atoms in total. The Morgan fingerprint density at radius 2 is 1.64 bits per heavy atom. The van der Waals surface area contributed by atoms with Crippen molar-refractivity contribution in [2.24, 2.45) is 0 Å². The van der Waals surface area contributed by atoms with E-state index in [4.69, 9.17) is 33.0 Å². The molecule has 0 spiro atoms. The second kappa shape index (κ2) is 10.2. The SMILES string of the molecule is O=C(O)CC(=O)Nc1cc(Cl)c(Oc2ccc(O)c(C(=O)N(F)c3ccccc3)c2)c(Cl)c1. The van der Waals surface area contributed by atoms with Gasteiger partial charge in [-0.2, -0.15) is 0 Å². The Hall–Kier alpha value is -3.82. The molecule has 0 aliphatic carbocycles. The minimum Gasteiger partial charge on any atom is -0.507 e. The van der Waals surface area contributed by atoms with E-state index in [1.807, 2.05) is 0 Å². The van der Waals surface area contributed by atoms with Crippen LogP contribution >= 0.6 is 23.2 Å². The Kier molecular flexibility index (Phi) is 7.37. The lowest BCUT2D eigenvalue weighted by molar-refractivity contribution is -0.139. The van der Waals surface area contributed by atoms with Crippen LogP contribution in [0.25, 0.3) is 0 Å². The largest absolute Gasteiger partial charge is 0.507 e. The highest BCUT2D eigenvalue weighted by Crippen LogP contribution is 2.40. The number of aliphatic carboxylic acids is 1. The molecule has 2 amide bonds. The summed E-state index contributed by atoms with van der Waals surface area (Å²) in [5.41, 5.74) is -0.260. The highest BCUT2D eigenvalue weighted by atomic mass is 35.5. The zero-order valence-electron chi connectivity index (χ0n) is 16.6. The van der Waals surface area contributed by atoms with Crippen LogP contribution in [-0.4, -0.2) is 28.0 Å². The molecule has 33 heavy (non-hydrogen) atoms. The van der Waals surface area contributed by atoms with Gasteiger partial charge in [0.1, 0.15) is 17.9 Å². The molecule has 0 aliphatic rings. The first-order valence-electron chi connectivity index (χ1n) is 9.22. The normalized spacial score (nSPS) is 10.4. The van der Waals surface area contributed by atoms with Gasteiger partial charge in [-0.1, -0.05) is 45.9 Å². The van der Waals surface area contributed by atoms with Gasteiger partial charge < -0.3 is 20.3 Å². The Labute approximate surface area is 196 Å². The number of phenols is 1. The second-order valence-corrected chi connectivity index (χ2v) is 7.40. The molecular formula is C22H15Cl2FN2O6. The average Bonchev–Trinajstić information content (AvgIpc) is 2.76. The molecule has 0 radical (unpaired) electrons. The lowest BCUT2D eigenvalue weighted by Crippen LogP contribution is -2.22. The predicted octanol–water partition coefficient (Wildman–Crippen LogP) is 5.44. The highest BCUT2D eigenvalue weighted by molar-refractivity contribution is 6.37. The number of benzene rings is 3. The van der Waals surface area contributed by atoms with Crippen molar-refractivity contribution in [1.29, 1.82) is 0 Å². The van der Waals surface area contributed by atoms with Crippen LogP contribution in [0, 0.1) is 0 Å². The number of ether oxygens (including phenoxy) is 1. The standard InChI is InChI=1S/C22H15Cl2FN2O6/c23-16-8-12(26-19(29)11-20(30)31)9-17(24)21(16)33-14-6-7-18(28)15(10-14)22(32)27(25)13-4-2-1-3-5-13/h1-10,28H,11H2,(H,26,29)(H,30,31). The molecule has 0 aliphatic heterocycles. The van der Waals surface area contributed by atoms with E-state index in [-0.39, 0.29) is 43.6 Å². The summed E-state index contributed by atoms with van der Waals surface area (Å²) < 4.78 is 20.1. The smallest absolute Gasteiger partial charge is 0.312 e. The number of phenolic OH excluding ortho intramolecular Hbond substituents is 1. The quantitative estimate of drug-likeness (QED) is 0.298. The first kappa shape index (κ1) is 23.8. The van der Waals surface area contributed by atoms with Crippen LogP contribution in [0.5, 0.6) is 17.2 Å². The molecule has 0 bridgehead atoms. The summed E-state index contributed by atoms with van der Waals surface area (Å²) in [5, 5.41) is 20.9. The van der Waals surface area contributed by atoms with Crippen molar-refractivity contribution in [2.45, 2.75) is 6.42 Å². The highest BCUT2D eigenvalue weighted by Gasteiger charge is 2.22. The predicted molar refractivity (Wildman–Crippen MR) is 120 cm³/mol. The molecule has 0 aromatic heterocycles. The molecule has 0 saturated heterocycles. The summed E-state index contributed by atoms with van der Waals surface area (Å²) in [6.45, 7) is 0. The van der Waals surface area contributed by atoms with Crippen LogP contribution in [0.4, 0.5) is 15.9 Å². The van der Waals surface area contributed by atoms with E-state index in [0.29, 0.717) is 0 Å². The fraction of sp³-hybridized carbons (Fsp3) is 0.0455. The molecule has 0 heterocycles. The van der Waals surface area contributed by atoms with Gasteiger partial charge >= 0.3 is 5.97 Å². The van der Waals surface area contributed by atoms with E-state index in [1.165, 1.54) is 30.3 Å². The number of anilines is 2. The third kappa shape index (κ3) is 5.91. The fourth-order valence-electron chi connectivity index (χ4n) is 2.72. The van der Waals surface area contributed by atoms with Crippen molar-refractivity contribution in [2.75, 3.05) is 10.4 Å². The topological polar surface area (TPSA) is 116 Å². The first-order chi connectivity index (χ1) is 15.7. The number of rotatable bonds is 7. The first-order valence-corrected chi connectivity index (χ1v) is 9.98. The van der Waals surface area contributed by atoms with Crippen molar-refractivity contribution in [3.8, 4) is 17.2 Å². The van der Waals surface area contributed by atoms with Gasteiger partial charge in [0.2, 0.25) is 5.91 Å². The van der Waals surface area contributed by atoms with Crippen LogP contribution in [0.2, 0.25) is 10.0 Å². The number of para-hydroxylation sites is 1. The number of carboxylic acid groups (broad SMARTS) is 1. The summed E-state index contributed by atoms with van der Waals surface area (Å²) in [5.74, 6) is -3.71. The third-order valence-electron chi connectivity index (χ3n) is 4.17. The third-order valence-corrected chi connectivity index (χ3v) is 4.73. The number of hydrogen-bond donors (Lipinski definition) is 3. The van der Waals surface area contributed by atoms with Crippen molar-refractivity contribution in [3.63, 3.8) is 0 Å². The lowest BCUT2D eigenvalue weighted by atomic mass is 10.1. The summed E-state index contributed by atoms with van der Waals surface area (Å²) in [7, 11) is 0. The maximum absolute atomic E-state index is 14.5. The molecular weight excluding hydrogens is 478 g/mol. The van der Waals surface area contributed by atoms with Crippen LogP contribution in [-0.2, 0) is 9.59 Å². The monoisotopic (exact) mass is 492 g/mol. The molecule has 170 valence electrons. The Balaban J connectivity index is 1.83. The van der Waals surface area contributed by atoms with Gasteiger partial charge in [0.05, 0.1) is 21.3 Å². The molecule has 3 N–H and O–H groups in total. The van der Waals surface area contributed by atoms with E-state index in [2.05, 4.69) is 5.32 Å². The molecule has 3 aromatic rings. The Morgan fingerprint density at radius 1 is 1.00 bits per heavy atom. The number of halogens is 3. The maximum atomic E-state index is 14.5. The lowest BCUT2D eigenvalue weighted by Gasteiger charge is -2.15. The van der Waals surface area contributed by atoms with E-state index in [1.54, 1.807) is 18.2 Å². The van der Waals surface area contributed by atoms with Gasteiger partial charge in [0.15, 0.2) is 5.75 Å². The maximum Gasteiger partial charge on any atom is 0.312 e. The molecule has 0 atom stereocenters. The van der Waals surface area contributed by atoms with E-state index in [9.17, 15) is 24.0 Å². The average molecular weight is 493 g/mol. The van der Waals surface area contributed by atoms with Gasteiger partial charge in [-0.15, -0.1) is 5.12 Å². The van der Waals surface area contributed by atoms with Crippen molar-refractivity contribution in [3.05, 3.63) is 76.3 Å². The van der Waals surface area contributed by atoms with E-state index >= 15 is 0 Å². The number of carbonyl (C=O) groups excluding carboxylic acids is 2. The zero-order chi connectivity index (χ0) is 24.1. The molecule has 3 rings (SSSR count). The van der Waals surface area contributed by atoms with Crippen LogP contribution in [0.15, 0.2) is 60.7 Å². The number of hydrogen-bond acceptors (Lipinski definition) is 5. The Bertz CT molecular complexity index is 1200. The van der Waals surface area contributed by atoms with Gasteiger partial charge in [0.25, 0.3) is 5.91 Å². The molecule has 3 aromatic carbocycles. The molecule has 11 heteroatoms. The van der Waals surface area contributed by atoms with Crippen molar-refractivity contribution in [1.82, 2.24) is 0 Å². The summed E-state index contributed by atoms with van der Waals surface area (Å²) in [6.07, 6.45) is -0.744. The van der Waals surface area contributed by atoms with Crippen LogP contribution in [0.1, 0.15) is 16.8 Å². The summed E-state index contributed by atoms with van der Waals surface area (Å²) >= 11 is 12.4. The van der Waals surface area contributed by atoms with Crippen LogP contribution < -0.4 is 15.2 Å². The van der Waals surface area contributed by atoms with E-state index in [0.717, 1.165) is 12.1 Å². The van der Waals surface area contributed by atoms with E-state index < -0.39 is 30.0 Å². The number of carboxylic acids is 1. The van der Waals surface area contributed by atoms with Crippen molar-refractivity contribution >= 4 is 52.4 Å². The van der Waals surface area contributed by atoms with Gasteiger partial charge in [-0.25, -0.2) is 0 Å². The van der Waals surface area contributed by atoms with Crippen LogP contribution in [0.3, 0.4) is 0 Å². The molecule has 0 fully saturated rings. The Morgan fingerprint density at radius 3 is 2.24 bits per heavy atom. The minimum absolute atomic E-state index is 0.0177. The number of carbonyl (C=O) groups is 3. The second-order valence-electron chi connectivity index (χ2n) is 6.59.